The number of nitrogens with one attached hydrogen (secondary N) is 1. The lowest BCUT2D eigenvalue weighted by Crippen LogP contribution is -2.35. The third-order valence-electron chi connectivity index (χ3n) is 2.60. The Morgan fingerprint density at radius 3 is 2.63 bits per heavy atom. The van der Waals surface area contributed by atoms with Crippen molar-refractivity contribution in [3.05, 3.63) is 17.6 Å². The van der Waals surface area contributed by atoms with Crippen molar-refractivity contribution >= 4 is 10.0 Å². The monoisotopic (exact) mass is 292 g/mol. The molecule has 7 nitrogen and oxygen atoms in total. The topological polar surface area (TPSA) is 104 Å². The van der Waals surface area contributed by atoms with Crippen LogP contribution in [0.4, 0.5) is 0 Å². The summed E-state index contributed by atoms with van der Waals surface area (Å²) in [5.74, 6) is 0.742. The van der Waals surface area contributed by atoms with Crippen LogP contribution >= 0.6 is 0 Å². The second-order valence-corrected chi connectivity index (χ2v) is 5.74. The molecule has 0 aliphatic carbocycles. The van der Waals surface area contributed by atoms with E-state index in [1.54, 1.807) is 6.92 Å². The van der Waals surface area contributed by atoms with Gasteiger partial charge in [-0.15, -0.1) is 0 Å². The molecule has 0 saturated carbocycles. The molecule has 8 heteroatoms. The number of ether oxygens (including phenoxy) is 2. The molecular weight excluding hydrogens is 272 g/mol. The van der Waals surface area contributed by atoms with Crippen LogP contribution in [-0.4, -0.2) is 41.9 Å². The SMILES string of the molecule is COCC(CNS(=O)(=O)c1cc(CN)oc1C)OC. The molecule has 110 valence electrons. The van der Waals surface area contributed by atoms with Crippen LogP contribution < -0.4 is 10.5 Å². The third-order valence-corrected chi connectivity index (χ3v) is 4.13. The molecule has 1 atom stereocenters. The van der Waals surface area contributed by atoms with Crippen molar-refractivity contribution in [2.24, 2.45) is 5.73 Å². The number of hydrogen-bond donors (Lipinski definition) is 2. The minimum atomic E-state index is -3.64. The summed E-state index contributed by atoms with van der Waals surface area (Å²) < 4.78 is 41.9. The second-order valence-electron chi connectivity index (χ2n) is 4.00. The number of hydrogen-bond acceptors (Lipinski definition) is 6. The van der Waals surface area contributed by atoms with Gasteiger partial charge in [0.2, 0.25) is 10.0 Å². The molecule has 0 spiro atoms. The number of sulfonamides is 1. The average molecular weight is 292 g/mol. The molecule has 0 aromatic carbocycles. The van der Waals surface area contributed by atoms with Crippen LogP contribution in [0.25, 0.3) is 0 Å². The van der Waals surface area contributed by atoms with Gasteiger partial charge in [-0.05, 0) is 6.92 Å². The van der Waals surface area contributed by atoms with Gasteiger partial charge in [0.05, 0.1) is 19.3 Å². The molecule has 0 fully saturated rings. The third kappa shape index (κ3) is 4.29. The Labute approximate surface area is 113 Å². The van der Waals surface area contributed by atoms with E-state index >= 15 is 0 Å². The van der Waals surface area contributed by atoms with Crippen molar-refractivity contribution in [3.8, 4) is 0 Å². The van der Waals surface area contributed by atoms with E-state index in [-0.39, 0.29) is 24.1 Å². The summed E-state index contributed by atoms with van der Waals surface area (Å²) in [6.45, 7) is 2.16. The van der Waals surface area contributed by atoms with Crippen molar-refractivity contribution in [2.75, 3.05) is 27.4 Å². The Kier molecular flexibility index (Phi) is 5.95. The predicted octanol–water partition coefficient (Wildman–Crippen LogP) is -0.0136. The van der Waals surface area contributed by atoms with Crippen LogP contribution in [-0.2, 0) is 26.0 Å². The normalized spacial score (nSPS) is 13.7. The van der Waals surface area contributed by atoms with Crippen molar-refractivity contribution < 1.29 is 22.3 Å². The minimum absolute atomic E-state index is 0.0974. The molecule has 0 aliphatic heterocycles. The summed E-state index contributed by atoms with van der Waals surface area (Å²) in [5.41, 5.74) is 5.41. The highest BCUT2D eigenvalue weighted by Crippen LogP contribution is 2.19. The summed E-state index contributed by atoms with van der Waals surface area (Å²) in [6, 6.07) is 1.43. The van der Waals surface area contributed by atoms with E-state index in [1.807, 2.05) is 0 Å². The standard InChI is InChI=1S/C11H20N2O5S/c1-8-11(4-9(5-12)18-8)19(14,15)13-6-10(17-3)7-16-2/h4,10,13H,5-7,12H2,1-3H3. The van der Waals surface area contributed by atoms with Crippen LogP contribution in [0.15, 0.2) is 15.4 Å². The molecule has 0 bridgehead atoms. The van der Waals surface area contributed by atoms with Crippen LogP contribution in [0.5, 0.6) is 0 Å². The molecule has 3 N–H and O–H groups in total. The zero-order valence-electron chi connectivity index (χ0n) is 11.3. The van der Waals surface area contributed by atoms with E-state index in [2.05, 4.69) is 4.72 Å². The molecule has 1 aromatic rings. The van der Waals surface area contributed by atoms with E-state index in [9.17, 15) is 8.42 Å². The molecule has 1 aromatic heterocycles. The van der Waals surface area contributed by atoms with Crippen LogP contribution in [0.3, 0.4) is 0 Å². The average Bonchev–Trinajstić information content (AvgIpc) is 2.76. The smallest absolute Gasteiger partial charge is 0.244 e. The van der Waals surface area contributed by atoms with Gasteiger partial charge in [0.15, 0.2) is 0 Å². The van der Waals surface area contributed by atoms with Gasteiger partial charge in [-0.2, -0.15) is 0 Å². The van der Waals surface area contributed by atoms with E-state index < -0.39 is 10.0 Å². The minimum Gasteiger partial charge on any atom is -0.464 e. The highest BCUT2D eigenvalue weighted by molar-refractivity contribution is 7.89. The summed E-state index contributed by atoms with van der Waals surface area (Å²) in [7, 11) is -0.623. The number of nitrogens with two attached hydrogens (primary N) is 1. The molecule has 1 rings (SSSR count). The van der Waals surface area contributed by atoms with Crippen molar-refractivity contribution in [1.82, 2.24) is 4.72 Å². The van der Waals surface area contributed by atoms with E-state index in [0.717, 1.165) is 0 Å². The maximum atomic E-state index is 12.1. The lowest BCUT2D eigenvalue weighted by Gasteiger charge is -2.14. The molecule has 0 saturated heterocycles. The van der Waals surface area contributed by atoms with Gasteiger partial charge in [0.25, 0.3) is 0 Å². The van der Waals surface area contributed by atoms with Crippen LogP contribution in [0.2, 0.25) is 0 Å². The zero-order valence-corrected chi connectivity index (χ0v) is 12.1. The van der Waals surface area contributed by atoms with Crippen LogP contribution in [0.1, 0.15) is 11.5 Å². The molecule has 0 radical (unpaired) electrons. The van der Waals surface area contributed by atoms with Gasteiger partial charge in [-0.1, -0.05) is 0 Å². The number of aryl methyl sites for hydroxylation is 1. The van der Waals surface area contributed by atoms with E-state index in [1.165, 1.54) is 20.3 Å². The summed E-state index contributed by atoms with van der Waals surface area (Å²) in [4.78, 5) is 0.0974. The molecule has 1 heterocycles. The fourth-order valence-electron chi connectivity index (χ4n) is 1.57. The molecule has 0 amide bonds. The van der Waals surface area contributed by atoms with Gasteiger partial charge in [0, 0.05) is 26.8 Å². The number of methoxy groups -OCH3 is 2. The molecule has 19 heavy (non-hydrogen) atoms. The first kappa shape index (κ1) is 16.1. The number of rotatable bonds is 8. The quantitative estimate of drug-likeness (QED) is 0.698. The number of furan rings is 1. The Balaban J connectivity index is 2.77. The summed E-state index contributed by atoms with van der Waals surface area (Å²) in [6.07, 6.45) is -0.346. The van der Waals surface area contributed by atoms with Gasteiger partial charge in [-0.3, -0.25) is 0 Å². The van der Waals surface area contributed by atoms with Crippen molar-refractivity contribution in [3.63, 3.8) is 0 Å². The van der Waals surface area contributed by atoms with Gasteiger partial charge < -0.3 is 19.6 Å². The van der Waals surface area contributed by atoms with Crippen molar-refractivity contribution in [1.29, 1.82) is 0 Å². The maximum Gasteiger partial charge on any atom is 0.244 e. The lowest BCUT2D eigenvalue weighted by molar-refractivity contribution is 0.0320. The zero-order chi connectivity index (χ0) is 14.5. The Morgan fingerprint density at radius 1 is 1.47 bits per heavy atom. The van der Waals surface area contributed by atoms with Crippen molar-refractivity contribution in [2.45, 2.75) is 24.5 Å². The van der Waals surface area contributed by atoms with E-state index in [0.29, 0.717) is 18.1 Å². The largest absolute Gasteiger partial charge is 0.464 e. The first-order valence-electron chi connectivity index (χ1n) is 5.75. The first-order chi connectivity index (χ1) is 8.94. The maximum absolute atomic E-state index is 12.1. The fourth-order valence-corrected chi connectivity index (χ4v) is 2.84. The highest BCUT2D eigenvalue weighted by atomic mass is 32.2. The summed E-state index contributed by atoms with van der Waals surface area (Å²) >= 11 is 0. The molecule has 0 aliphatic rings. The predicted molar refractivity (Wildman–Crippen MR) is 69.2 cm³/mol. The fraction of sp³-hybridized carbons (Fsp3) is 0.636. The molecular formula is C11H20N2O5S. The van der Waals surface area contributed by atoms with Crippen LogP contribution in [0, 0.1) is 6.92 Å². The lowest BCUT2D eigenvalue weighted by atomic mass is 10.4. The Hall–Kier alpha value is -0.930. The van der Waals surface area contributed by atoms with Gasteiger partial charge in [0.1, 0.15) is 16.4 Å². The first-order valence-corrected chi connectivity index (χ1v) is 7.23. The van der Waals surface area contributed by atoms with Gasteiger partial charge in [-0.25, -0.2) is 13.1 Å². The summed E-state index contributed by atoms with van der Waals surface area (Å²) in [5, 5.41) is 0. The Morgan fingerprint density at radius 2 is 2.16 bits per heavy atom. The molecule has 1 unspecified atom stereocenters. The van der Waals surface area contributed by atoms with Gasteiger partial charge >= 0.3 is 0 Å². The van der Waals surface area contributed by atoms with E-state index in [4.69, 9.17) is 19.6 Å². The second kappa shape index (κ2) is 7.01. The Bertz CT molecular complexity index is 497. The highest BCUT2D eigenvalue weighted by Gasteiger charge is 2.22.